The van der Waals surface area contributed by atoms with Gasteiger partial charge in [0, 0.05) is 11.3 Å². The van der Waals surface area contributed by atoms with Crippen LogP contribution in [0.15, 0.2) is 66.2 Å². The van der Waals surface area contributed by atoms with Gasteiger partial charge in [-0.25, -0.2) is 4.39 Å². The maximum absolute atomic E-state index is 13.8. The van der Waals surface area contributed by atoms with Crippen molar-refractivity contribution in [2.45, 2.75) is 26.8 Å². The first-order valence-corrected chi connectivity index (χ1v) is 10.1. The summed E-state index contributed by atoms with van der Waals surface area (Å²) >= 11 is 0. The fraction of sp³-hybridized carbons (Fsp3) is 0.154. The number of rotatable bonds is 3. The molecule has 1 aliphatic heterocycles. The van der Waals surface area contributed by atoms with E-state index in [1.165, 1.54) is 35.2 Å². The number of phenolic OH excluding ortho intramolecular Hbond substituents is 1. The van der Waals surface area contributed by atoms with Crippen molar-refractivity contribution in [1.29, 1.82) is 0 Å². The van der Waals surface area contributed by atoms with E-state index in [9.17, 15) is 24.2 Å². The third-order valence-corrected chi connectivity index (χ3v) is 5.70. The fourth-order valence-corrected chi connectivity index (χ4v) is 4.08. The standard InChI is InChI=1S/C26H22FNO4/c1-14-4-11-21(16(3)12-14)28-23(17-5-8-19(29)9-6-17)22(25(31)26(28)32)24(30)18-7-10-20(27)15(2)13-18/h4-13,23,29-30H,1-3H3/b24-22+. The lowest BCUT2D eigenvalue weighted by Crippen LogP contribution is -2.30. The Morgan fingerprint density at radius 2 is 1.59 bits per heavy atom. The highest BCUT2D eigenvalue weighted by molar-refractivity contribution is 6.51. The number of aromatic hydroxyl groups is 1. The van der Waals surface area contributed by atoms with Crippen LogP contribution in [0.3, 0.4) is 0 Å². The van der Waals surface area contributed by atoms with Crippen molar-refractivity contribution < 1.29 is 24.2 Å². The van der Waals surface area contributed by atoms with E-state index in [4.69, 9.17) is 0 Å². The van der Waals surface area contributed by atoms with Gasteiger partial charge in [0.1, 0.15) is 17.3 Å². The Hall–Kier alpha value is -3.93. The van der Waals surface area contributed by atoms with Crippen LogP contribution in [0.2, 0.25) is 0 Å². The zero-order valence-electron chi connectivity index (χ0n) is 17.9. The Bertz CT molecular complexity index is 1280. The summed E-state index contributed by atoms with van der Waals surface area (Å²) in [5.74, 6) is -2.38. The van der Waals surface area contributed by atoms with Crippen LogP contribution in [0, 0.1) is 26.6 Å². The van der Waals surface area contributed by atoms with E-state index in [0.717, 1.165) is 11.1 Å². The number of aliphatic hydroxyl groups excluding tert-OH is 1. The SMILES string of the molecule is Cc1ccc(N2C(=O)C(=O)/C(=C(/O)c3ccc(F)c(C)c3)C2c2ccc(O)cc2)c(C)c1. The summed E-state index contributed by atoms with van der Waals surface area (Å²) in [6, 6.07) is 14.7. The first-order valence-electron chi connectivity index (χ1n) is 10.1. The maximum atomic E-state index is 13.8. The summed E-state index contributed by atoms with van der Waals surface area (Å²) in [6.07, 6.45) is 0. The summed E-state index contributed by atoms with van der Waals surface area (Å²) in [4.78, 5) is 27.7. The van der Waals surface area contributed by atoms with Crippen molar-refractivity contribution in [1.82, 2.24) is 0 Å². The molecule has 0 aromatic heterocycles. The molecule has 1 atom stereocenters. The van der Waals surface area contributed by atoms with Crippen LogP contribution in [0.5, 0.6) is 5.75 Å². The largest absolute Gasteiger partial charge is 0.508 e. The van der Waals surface area contributed by atoms with Crippen molar-refractivity contribution in [3.8, 4) is 5.75 Å². The first kappa shape index (κ1) is 21.3. The summed E-state index contributed by atoms with van der Waals surface area (Å²) < 4.78 is 13.8. The number of hydrogen-bond donors (Lipinski definition) is 2. The molecule has 5 nitrogen and oxygen atoms in total. The topological polar surface area (TPSA) is 77.8 Å². The quantitative estimate of drug-likeness (QED) is 0.344. The molecule has 0 aliphatic carbocycles. The van der Waals surface area contributed by atoms with E-state index in [1.54, 1.807) is 25.1 Å². The van der Waals surface area contributed by atoms with Crippen molar-refractivity contribution in [2.24, 2.45) is 0 Å². The molecule has 1 aliphatic rings. The molecule has 162 valence electrons. The molecule has 1 saturated heterocycles. The summed E-state index contributed by atoms with van der Waals surface area (Å²) in [5.41, 5.74) is 3.35. The molecule has 1 unspecified atom stereocenters. The van der Waals surface area contributed by atoms with Gasteiger partial charge in [0.25, 0.3) is 11.7 Å². The van der Waals surface area contributed by atoms with E-state index in [2.05, 4.69) is 0 Å². The molecule has 0 bridgehead atoms. The second kappa shape index (κ2) is 7.96. The van der Waals surface area contributed by atoms with Gasteiger partial charge in [-0.2, -0.15) is 0 Å². The van der Waals surface area contributed by atoms with E-state index < -0.39 is 23.5 Å². The molecular weight excluding hydrogens is 409 g/mol. The molecular formula is C26H22FNO4. The van der Waals surface area contributed by atoms with E-state index >= 15 is 0 Å². The number of amides is 1. The van der Waals surface area contributed by atoms with E-state index in [-0.39, 0.29) is 22.6 Å². The fourth-order valence-electron chi connectivity index (χ4n) is 4.08. The highest BCUT2D eigenvalue weighted by Gasteiger charge is 2.47. The predicted molar refractivity (Wildman–Crippen MR) is 120 cm³/mol. The molecule has 3 aromatic carbocycles. The number of benzene rings is 3. The average Bonchev–Trinajstić information content (AvgIpc) is 3.01. The number of halogens is 1. The predicted octanol–water partition coefficient (Wildman–Crippen LogP) is 5.08. The van der Waals surface area contributed by atoms with E-state index in [0.29, 0.717) is 16.8 Å². The molecule has 0 saturated carbocycles. The Kier molecular flexibility index (Phi) is 5.30. The lowest BCUT2D eigenvalue weighted by atomic mass is 9.94. The Labute approximate surface area is 185 Å². The van der Waals surface area contributed by atoms with Gasteiger partial charge in [0.15, 0.2) is 0 Å². The Morgan fingerprint density at radius 1 is 0.906 bits per heavy atom. The molecule has 3 aromatic rings. The second-order valence-corrected chi connectivity index (χ2v) is 8.01. The van der Waals surface area contributed by atoms with Crippen molar-refractivity contribution in [3.05, 3.63) is 99.9 Å². The number of hydrogen-bond acceptors (Lipinski definition) is 4. The van der Waals surface area contributed by atoms with Crippen LogP contribution in [0.25, 0.3) is 5.76 Å². The van der Waals surface area contributed by atoms with Crippen LogP contribution < -0.4 is 4.90 Å². The summed E-state index contributed by atoms with van der Waals surface area (Å²) in [5, 5.41) is 20.8. The molecule has 4 rings (SSSR count). The minimum Gasteiger partial charge on any atom is -0.508 e. The second-order valence-electron chi connectivity index (χ2n) is 8.01. The minimum absolute atomic E-state index is 0.0337. The lowest BCUT2D eigenvalue weighted by Gasteiger charge is -2.27. The minimum atomic E-state index is -0.914. The smallest absolute Gasteiger partial charge is 0.300 e. The monoisotopic (exact) mass is 431 g/mol. The van der Waals surface area contributed by atoms with Gasteiger partial charge in [-0.3, -0.25) is 14.5 Å². The van der Waals surface area contributed by atoms with Crippen LogP contribution in [-0.4, -0.2) is 21.9 Å². The molecule has 0 spiro atoms. The highest BCUT2D eigenvalue weighted by atomic mass is 19.1. The van der Waals surface area contributed by atoms with Gasteiger partial charge >= 0.3 is 0 Å². The van der Waals surface area contributed by atoms with Crippen LogP contribution >= 0.6 is 0 Å². The van der Waals surface area contributed by atoms with Crippen LogP contribution in [0.4, 0.5) is 10.1 Å². The molecule has 32 heavy (non-hydrogen) atoms. The molecule has 1 heterocycles. The van der Waals surface area contributed by atoms with Gasteiger partial charge in [-0.1, -0.05) is 29.8 Å². The van der Waals surface area contributed by atoms with Crippen LogP contribution in [0.1, 0.15) is 33.9 Å². The van der Waals surface area contributed by atoms with Gasteiger partial charge in [0.2, 0.25) is 0 Å². The summed E-state index contributed by atoms with van der Waals surface area (Å²) in [6.45, 7) is 5.33. The van der Waals surface area contributed by atoms with Crippen molar-refractivity contribution >= 4 is 23.1 Å². The highest BCUT2D eigenvalue weighted by Crippen LogP contribution is 2.43. The van der Waals surface area contributed by atoms with Gasteiger partial charge in [0.05, 0.1) is 11.6 Å². The number of carbonyl (C=O) groups excluding carboxylic acids is 2. The normalized spacial score (nSPS) is 17.8. The zero-order chi connectivity index (χ0) is 23.2. The molecule has 2 N–H and O–H groups in total. The third kappa shape index (κ3) is 3.54. The molecule has 1 amide bonds. The maximum Gasteiger partial charge on any atom is 0.300 e. The summed E-state index contributed by atoms with van der Waals surface area (Å²) in [7, 11) is 0. The number of anilines is 1. The van der Waals surface area contributed by atoms with Gasteiger partial charge in [-0.15, -0.1) is 0 Å². The first-order chi connectivity index (χ1) is 15.2. The average molecular weight is 431 g/mol. The number of Topliss-reactive ketones (excluding diaryl/α,β-unsaturated/α-hetero) is 1. The van der Waals surface area contributed by atoms with Gasteiger partial charge in [-0.05, 0) is 73.9 Å². The number of phenols is 1. The number of aryl methyl sites for hydroxylation is 3. The van der Waals surface area contributed by atoms with Gasteiger partial charge < -0.3 is 10.2 Å². The van der Waals surface area contributed by atoms with Crippen molar-refractivity contribution in [2.75, 3.05) is 4.90 Å². The Morgan fingerprint density at radius 3 is 2.22 bits per heavy atom. The van der Waals surface area contributed by atoms with Crippen LogP contribution in [-0.2, 0) is 9.59 Å². The molecule has 1 fully saturated rings. The third-order valence-electron chi connectivity index (χ3n) is 5.70. The zero-order valence-corrected chi connectivity index (χ0v) is 17.9. The lowest BCUT2D eigenvalue weighted by molar-refractivity contribution is -0.132. The molecule has 0 radical (unpaired) electrons. The van der Waals surface area contributed by atoms with Crippen molar-refractivity contribution in [3.63, 3.8) is 0 Å². The number of ketones is 1. The number of aliphatic hydroxyl groups is 1. The Balaban J connectivity index is 1.97. The number of nitrogens with zero attached hydrogens (tertiary/aromatic N) is 1. The number of carbonyl (C=O) groups is 2. The molecule has 6 heteroatoms. The van der Waals surface area contributed by atoms with E-state index in [1.807, 2.05) is 26.0 Å².